The van der Waals surface area contributed by atoms with E-state index < -0.39 is 8.32 Å². The quantitative estimate of drug-likeness (QED) is 0.0629. The maximum atomic E-state index is 12.7. The Balaban J connectivity index is 1.23. The van der Waals surface area contributed by atoms with Crippen molar-refractivity contribution in [1.82, 2.24) is 9.97 Å². The second kappa shape index (κ2) is 17.1. The van der Waals surface area contributed by atoms with Gasteiger partial charge in [-0.15, -0.1) is 0 Å². The van der Waals surface area contributed by atoms with Gasteiger partial charge >= 0.3 is 5.97 Å². The molecule has 0 saturated heterocycles. The normalized spacial score (nSPS) is 22.9. The van der Waals surface area contributed by atoms with Gasteiger partial charge in [-0.05, 0) is 134 Å². The molecule has 1 aromatic heterocycles. The van der Waals surface area contributed by atoms with E-state index in [1.165, 1.54) is 25.5 Å². The highest BCUT2D eigenvalue weighted by Crippen LogP contribution is 2.46. The molecule has 2 aromatic carbocycles. The molecule has 1 aliphatic heterocycles. The van der Waals surface area contributed by atoms with Gasteiger partial charge in [0.1, 0.15) is 12.4 Å². The van der Waals surface area contributed by atoms with E-state index in [0.717, 1.165) is 78.1 Å². The lowest BCUT2D eigenvalue weighted by Crippen LogP contribution is -2.50. The van der Waals surface area contributed by atoms with Crippen LogP contribution in [-0.2, 0) is 22.2 Å². The van der Waals surface area contributed by atoms with Crippen molar-refractivity contribution in [3.05, 3.63) is 88.7 Å². The molecule has 7 nitrogen and oxygen atoms in total. The molecule has 3 aliphatic rings. The summed E-state index contributed by atoms with van der Waals surface area (Å²) >= 11 is 8.18. The van der Waals surface area contributed by atoms with E-state index in [0.29, 0.717) is 35.8 Å². The molecule has 2 heterocycles. The summed E-state index contributed by atoms with van der Waals surface area (Å²) in [6.07, 6.45) is 16.4. The molecule has 3 aromatic rings. The highest BCUT2D eigenvalue weighted by Gasteiger charge is 2.44. The van der Waals surface area contributed by atoms with Crippen molar-refractivity contribution in [3.63, 3.8) is 0 Å². The molecule has 2 fully saturated rings. The Kier molecular flexibility index (Phi) is 12.8. The number of benzene rings is 2. The van der Waals surface area contributed by atoms with E-state index in [9.17, 15) is 4.79 Å². The van der Waals surface area contributed by atoms with Crippen LogP contribution >= 0.6 is 23.4 Å². The van der Waals surface area contributed by atoms with Crippen LogP contribution in [0.15, 0.2) is 72.2 Å². The topological polar surface area (TPSA) is 73.8 Å². The molecule has 6 rings (SSSR count). The van der Waals surface area contributed by atoms with Crippen molar-refractivity contribution in [1.29, 1.82) is 0 Å². The van der Waals surface area contributed by atoms with Gasteiger partial charge < -0.3 is 18.8 Å². The number of carbonyl (C=O) groups is 1. The van der Waals surface area contributed by atoms with Gasteiger partial charge in [-0.1, -0.05) is 62.4 Å². The minimum atomic E-state index is -2.05. The van der Waals surface area contributed by atoms with Gasteiger partial charge in [0.25, 0.3) is 0 Å². The lowest BCUT2D eigenvalue weighted by atomic mass is 9.69. The Morgan fingerprint density at radius 2 is 1.85 bits per heavy atom. The largest absolute Gasteiger partial charge is 0.487 e. The zero-order valence-electron chi connectivity index (χ0n) is 31.8. The summed E-state index contributed by atoms with van der Waals surface area (Å²) in [5.74, 6) is 3.57. The van der Waals surface area contributed by atoms with Crippen molar-refractivity contribution < 1.29 is 18.7 Å². The van der Waals surface area contributed by atoms with Crippen molar-refractivity contribution in [2.24, 2.45) is 23.7 Å². The van der Waals surface area contributed by atoms with Crippen molar-refractivity contribution >= 4 is 43.3 Å². The summed E-state index contributed by atoms with van der Waals surface area (Å²) in [5.41, 5.74) is 3.89. The number of halogens is 1. The number of anilines is 1. The van der Waals surface area contributed by atoms with Crippen LogP contribution < -0.4 is 9.64 Å². The second-order valence-corrected chi connectivity index (χ2v) is 22.5. The summed E-state index contributed by atoms with van der Waals surface area (Å²) in [7, 11) is -0.615. The van der Waals surface area contributed by atoms with Gasteiger partial charge in [-0.3, -0.25) is 0 Å². The molecular weight excluding hydrogens is 706 g/mol. The molecule has 0 bridgehead atoms. The molecule has 0 N–H and O–H groups in total. The third-order valence-corrected chi connectivity index (χ3v) is 17.8. The van der Waals surface area contributed by atoms with Crippen LogP contribution in [0, 0.1) is 23.7 Å². The number of ether oxygens (including phenoxy) is 2. The standard InChI is InChI=1S/C42H56ClN3O4SSi/c1-42(2,3)52(5,6)50-38(19-15-29-11-12-34(29)28-51-41-44-21-9-22-45-41)36-18-14-32(36)26-46-23-8-7-10-30-24-35(43)17-13-33(30)27-49-39-20-16-31(25-37(39)46)40(47)48-4/h9,13,15-17,19-22,24-25,29,32,34,36,38H,7-8,10-12,14,18,23,26-28H2,1-6H3/b19-15+/t29-,32+,34-,36-,38?/m1/s1. The van der Waals surface area contributed by atoms with Crippen molar-refractivity contribution in [2.75, 3.05) is 30.9 Å². The number of aryl methyl sites for hydroxylation is 1. The van der Waals surface area contributed by atoms with Crippen LogP contribution in [0.3, 0.4) is 0 Å². The van der Waals surface area contributed by atoms with Gasteiger partial charge in [-0.25, -0.2) is 14.8 Å². The van der Waals surface area contributed by atoms with Crippen LogP contribution in [0.2, 0.25) is 23.2 Å². The summed E-state index contributed by atoms with van der Waals surface area (Å²) in [5, 5.41) is 1.73. The molecule has 52 heavy (non-hydrogen) atoms. The van der Waals surface area contributed by atoms with Crippen molar-refractivity contribution in [2.45, 2.75) is 102 Å². The molecular formula is C42H56ClN3O4SSi. The number of carbonyl (C=O) groups excluding carboxylic acids is 1. The number of fused-ring (bicyclic) bond motifs is 2. The number of allylic oxidation sites excluding steroid dienone is 1. The smallest absolute Gasteiger partial charge is 0.337 e. The number of esters is 1. The molecule has 1 unspecified atom stereocenters. The average Bonchev–Trinajstić information content (AvgIpc) is 3.12. The maximum absolute atomic E-state index is 12.7. The Morgan fingerprint density at radius 1 is 1.06 bits per heavy atom. The first-order valence-electron chi connectivity index (χ1n) is 19.0. The average molecular weight is 763 g/mol. The maximum Gasteiger partial charge on any atom is 0.337 e. The predicted molar refractivity (Wildman–Crippen MR) is 215 cm³/mol. The van der Waals surface area contributed by atoms with Crippen LogP contribution in [-0.4, -0.2) is 56.3 Å². The van der Waals surface area contributed by atoms with Gasteiger partial charge in [0.05, 0.1) is 24.5 Å². The van der Waals surface area contributed by atoms with Gasteiger partial charge in [0.15, 0.2) is 13.5 Å². The summed E-state index contributed by atoms with van der Waals surface area (Å²) in [6.45, 7) is 14.0. The van der Waals surface area contributed by atoms with Gasteiger partial charge in [-0.2, -0.15) is 0 Å². The minimum absolute atomic E-state index is 0.0753. The zero-order valence-corrected chi connectivity index (χ0v) is 34.3. The fourth-order valence-electron chi connectivity index (χ4n) is 7.36. The summed E-state index contributed by atoms with van der Waals surface area (Å²) in [4.78, 5) is 24.1. The Hall–Kier alpha value is -2.85. The third-order valence-electron chi connectivity index (χ3n) is 12.0. The Morgan fingerprint density at radius 3 is 2.54 bits per heavy atom. The molecule has 2 saturated carbocycles. The number of thioether (sulfide) groups is 1. The van der Waals surface area contributed by atoms with E-state index in [1.54, 1.807) is 11.8 Å². The summed E-state index contributed by atoms with van der Waals surface area (Å²) < 4.78 is 19.0. The number of rotatable bonds is 11. The number of hydrogen-bond donors (Lipinski definition) is 0. The lowest BCUT2D eigenvalue weighted by Gasteiger charge is -2.48. The molecule has 280 valence electrons. The molecule has 2 aliphatic carbocycles. The molecule has 0 radical (unpaired) electrons. The molecule has 0 amide bonds. The number of methoxy groups -OCH3 is 1. The first-order chi connectivity index (χ1) is 24.9. The first kappa shape index (κ1) is 38.9. The first-order valence-corrected chi connectivity index (χ1v) is 23.3. The van der Waals surface area contributed by atoms with Crippen LogP contribution in [0.5, 0.6) is 5.75 Å². The van der Waals surface area contributed by atoms with E-state index in [1.807, 2.05) is 42.7 Å². The Bertz CT molecular complexity index is 1700. The lowest BCUT2D eigenvalue weighted by molar-refractivity contribution is 0.0524. The second-order valence-electron chi connectivity index (χ2n) is 16.4. The molecule has 0 spiro atoms. The minimum Gasteiger partial charge on any atom is -0.487 e. The highest BCUT2D eigenvalue weighted by atomic mass is 35.5. The van der Waals surface area contributed by atoms with Crippen LogP contribution in [0.1, 0.15) is 80.8 Å². The van der Waals surface area contributed by atoms with E-state index in [-0.39, 0.29) is 17.1 Å². The monoisotopic (exact) mass is 761 g/mol. The predicted octanol–water partition coefficient (Wildman–Crippen LogP) is 10.4. The van der Waals surface area contributed by atoms with Crippen LogP contribution in [0.25, 0.3) is 0 Å². The third kappa shape index (κ3) is 9.44. The van der Waals surface area contributed by atoms with E-state index >= 15 is 0 Å². The highest BCUT2D eigenvalue weighted by molar-refractivity contribution is 7.99. The van der Waals surface area contributed by atoms with Crippen LogP contribution in [0.4, 0.5) is 5.69 Å². The number of hydrogen-bond acceptors (Lipinski definition) is 8. The fraction of sp³-hybridized carbons (Fsp3) is 0.548. The SMILES string of the molecule is COC(=O)c1ccc2c(c1)N(C[C@@H]1CC[C@H]1C(/C=C/[C@H]1CC[C@@H]1CSc1ncccn1)O[Si](C)(C)C(C)(C)C)CCCCc1cc(Cl)ccc1CO2. The van der Waals surface area contributed by atoms with Gasteiger partial charge in [0, 0.05) is 36.3 Å². The number of aromatic nitrogens is 2. The molecule has 10 heteroatoms. The van der Waals surface area contributed by atoms with Gasteiger partial charge in [0.2, 0.25) is 0 Å². The zero-order chi connectivity index (χ0) is 36.9. The van der Waals surface area contributed by atoms with E-state index in [2.05, 4.69) is 73.0 Å². The Labute approximate surface area is 321 Å². The van der Waals surface area contributed by atoms with Crippen molar-refractivity contribution in [3.8, 4) is 5.75 Å². The fourth-order valence-corrected chi connectivity index (χ4v) is 9.89. The number of nitrogens with zero attached hydrogens (tertiary/aromatic N) is 3. The summed E-state index contributed by atoms with van der Waals surface area (Å²) in [6, 6.07) is 13.7. The molecule has 5 atom stereocenters. The van der Waals surface area contributed by atoms with E-state index in [4.69, 9.17) is 25.5 Å².